The summed E-state index contributed by atoms with van der Waals surface area (Å²) < 4.78 is 7.24. The van der Waals surface area contributed by atoms with Crippen molar-refractivity contribution in [1.82, 2.24) is 14.8 Å². The molecule has 174 valence electrons. The molecule has 1 heterocycles. The van der Waals surface area contributed by atoms with Crippen LogP contribution in [-0.2, 0) is 22.6 Å². The van der Waals surface area contributed by atoms with Gasteiger partial charge in [0.1, 0.15) is 11.6 Å². The number of thioether (sulfide) groups is 1. The van der Waals surface area contributed by atoms with Gasteiger partial charge in [-0.15, -0.1) is 10.2 Å². The third kappa shape index (κ3) is 6.72. The van der Waals surface area contributed by atoms with E-state index in [1.54, 1.807) is 42.5 Å². The Hall–Kier alpha value is -3.04. The van der Waals surface area contributed by atoms with Crippen LogP contribution in [0.25, 0.3) is 0 Å². The summed E-state index contributed by atoms with van der Waals surface area (Å²) in [6.07, 6.45) is 0.0719. The summed E-state index contributed by atoms with van der Waals surface area (Å²) in [5, 5.41) is 15.2. The van der Waals surface area contributed by atoms with Crippen LogP contribution in [-0.4, -0.2) is 38.9 Å². The molecule has 0 aliphatic rings. The van der Waals surface area contributed by atoms with Crippen molar-refractivity contribution >= 4 is 46.6 Å². The zero-order valence-electron chi connectivity index (χ0n) is 18.7. The molecule has 8 nitrogen and oxygen atoms in total. The molecule has 3 aromatic rings. The third-order valence-electron chi connectivity index (χ3n) is 4.75. The normalized spacial score (nSPS) is 10.7. The summed E-state index contributed by atoms with van der Waals surface area (Å²) in [5.41, 5.74) is 2.17. The van der Waals surface area contributed by atoms with Gasteiger partial charge in [-0.05, 0) is 62.7 Å². The number of hydrogen-bond donors (Lipinski definition) is 2. The minimum absolute atomic E-state index is 0.0719. The van der Waals surface area contributed by atoms with E-state index in [0.29, 0.717) is 40.5 Å². The summed E-state index contributed by atoms with van der Waals surface area (Å²) in [4.78, 5) is 24.9. The van der Waals surface area contributed by atoms with Crippen LogP contribution in [0.15, 0.2) is 47.6 Å². The maximum Gasteiger partial charge on any atom is 0.234 e. The van der Waals surface area contributed by atoms with E-state index in [2.05, 4.69) is 20.8 Å². The molecule has 2 aromatic carbocycles. The Balaban J connectivity index is 1.57. The lowest BCUT2D eigenvalue weighted by Gasteiger charge is -2.10. The van der Waals surface area contributed by atoms with Crippen molar-refractivity contribution < 1.29 is 14.3 Å². The Morgan fingerprint density at radius 3 is 2.52 bits per heavy atom. The molecule has 0 bridgehead atoms. The predicted octanol–water partition coefficient (Wildman–Crippen LogP) is 4.57. The molecule has 0 aliphatic heterocycles. The number of ether oxygens (including phenoxy) is 1. The summed E-state index contributed by atoms with van der Waals surface area (Å²) in [5.74, 6) is 1.06. The number of carbonyl (C=O) groups is 2. The van der Waals surface area contributed by atoms with Crippen LogP contribution in [0.5, 0.6) is 5.75 Å². The van der Waals surface area contributed by atoms with Crippen LogP contribution in [0.1, 0.15) is 25.2 Å². The van der Waals surface area contributed by atoms with Crippen molar-refractivity contribution in [2.24, 2.45) is 0 Å². The zero-order chi connectivity index (χ0) is 23.8. The fourth-order valence-corrected chi connectivity index (χ4v) is 4.08. The third-order valence-corrected chi connectivity index (χ3v) is 6.13. The second kappa shape index (κ2) is 11.7. The number of hydrogen-bond acceptors (Lipinski definition) is 6. The Labute approximate surface area is 202 Å². The number of carbonyl (C=O) groups excluding carboxylic acids is 2. The fourth-order valence-electron chi connectivity index (χ4n) is 3.08. The molecule has 0 saturated carbocycles. The lowest BCUT2D eigenvalue weighted by atomic mass is 10.2. The van der Waals surface area contributed by atoms with E-state index in [9.17, 15) is 9.59 Å². The van der Waals surface area contributed by atoms with Gasteiger partial charge < -0.3 is 19.9 Å². The van der Waals surface area contributed by atoms with Crippen molar-refractivity contribution in [2.75, 3.05) is 23.0 Å². The molecular weight excluding hydrogens is 462 g/mol. The summed E-state index contributed by atoms with van der Waals surface area (Å²) >= 11 is 7.37. The zero-order valence-corrected chi connectivity index (χ0v) is 20.3. The maximum atomic E-state index is 12.5. The molecule has 1 aromatic heterocycles. The van der Waals surface area contributed by atoms with Gasteiger partial charge in [0, 0.05) is 22.9 Å². The van der Waals surface area contributed by atoms with Crippen molar-refractivity contribution in [3.63, 3.8) is 0 Å². The molecule has 0 aliphatic carbocycles. The monoisotopic (exact) mass is 487 g/mol. The number of amides is 2. The minimum Gasteiger partial charge on any atom is -0.494 e. The molecule has 10 heteroatoms. The molecule has 2 N–H and O–H groups in total. The largest absolute Gasteiger partial charge is 0.494 e. The molecule has 0 fully saturated rings. The van der Waals surface area contributed by atoms with Crippen molar-refractivity contribution in [3.8, 4) is 5.75 Å². The van der Waals surface area contributed by atoms with Crippen molar-refractivity contribution in [2.45, 2.75) is 38.9 Å². The van der Waals surface area contributed by atoms with E-state index in [4.69, 9.17) is 16.3 Å². The second-order valence-corrected chi connectivity index (χ2v) is 8.42. The summed E-state index contributed by atoms with van der Waals surface area (Å²) in [6.45, 7) is 6.87. The predicted molar refractivity (Wildman–Crippen MR) is 131 cm³/mol. The van der Waals surface area contributed by atoms with Gasteiger partial charge >= 0.3 is 0 Å². The molecule has 0 atom stereocenters. The number of aromatic nitrogens is 3. The van der Waals surface area contributed by atoms with Crippen LogP contribution in [0.2, 0.25) is 5.02 Å². The maximum absolute atomic E-state index is 12.5. The van der Waals surface area contributed by atoms with Crippen molar-refractivity contribution in [1.29, 1.82) is 0 Å². The second-order valence-electron chi connectivity index (χ2n) is 7.07. The quantitative estimate of drug-likeness (QED) is 0.406. The highest BCUT2D eigenvalue weighted by atomic mass is 35.5. The molecule has 3 rings (SSSR count). The van der Waals surface area contributed by atoms with E-state index in [-0.39, 0.29) is 24.0 Å². The van der Waals surface area contributed by atoms with E-state index < -0.39 is 0 Å². The number of nitrogens with zero attached hydrogens (tertiary/aromatic N) is 3. The first-order chi connectivity index (χ1) is 15.9. The van der Waals surface area contributed by atoms with Gasteiger partial charge in [-0.3, -0.25) is 9.59 Å². The number of rotatable bonds is 10. The topological polar surface area (TPSA) is 98.1 Å². The van der Waals surface area contributed by atoms with E-state index in [1.807, 2.05) is 25.3 Å². The fraction of sp³-hybridized carbons (Fsp3) is 0.304. The van der Waals surface area contributed by atoms with Crippen LogP contribution in [0.4, 0.5) is 11.4 Å². The number of benzene rings is 2. The van der Waals surface area contributed by atoms with Crippen LogP contribution in [0, 0.1) is 6.92 Å². The first-order valence-electron chi connectivity index (χ1n) is 10.5. The average Bonchev–Trinajstić information content (AvgIpc) is 3.18. The van der Waals surface area contributed by atoms with Gasteiger partial charge in [0.15, 0.2) is 5.16 Å². The highest BCUT2D eigenvalue weighted by Gasteiger charge is 2.16. The Kier molecular flexibility index (Phi) is 8.73. The molecule has 0 radical (unpaired) electrons. The van der Waals surface area contributed by atoms with Crippen LogP contribution in [0.3, 0.4) is 0 Å². The summed E-state index contributed by atoms with van der Waals surface area (Å²) in [6, 6.07) is 12.6. The highest BCUT2D eigenvalue weighted by molar-refractivity contribution is 7.99. The average molecular weight is 488 g/mol. The lowest BCUT2D eigenvalue weighted by molar-refractivity contribution is -0.116. The molecular formula is C23H26ClN5O3S. The standard InChI is InChI=1S/C23H26ClN5O3S/c1-4-29-20(13-21(30)25-16-9-11-17(12-10-16)32-5-2)27-28-23(29)33-14-22(31)26-19-8-6-7-18(24)15(19)3/h6-12H,4-5,13-14H2,1-3H3,(H,25,30)(H,26,31). The van der Waals surface area contributed by atoms with Crippen molar-refractivity contribution in [3.05, 3.63) is 58.9 Å². The molecule has 0 unspecified atom stereocenters. The van der Waals surface area contributed by atoms with E-state index in [0.717, 1.165) is 11.3 Å². The SMILES string of the molecule is CCOc1ccc(NC(=O)Cc2nnc(SCC(=O)Nc3cccc(Cl)c3C)n2CC)cc1. The lowest BCUT2D eigenvalue weighted by Crippen LogP contribution is -2.18. The first kappa shape index (κ1) is 24.6. The smallest absolute Gasteiger partial charge is 0.234 e. The van der Waals surface area contributed by atoms with Gasteiger partial charge in [-0.25, -0.2) is 0 Å². The van der Waals surface area contributed by atoms with E-state index >= 15 is 0 Å². The first-order valence-corrected chi connectivity index (χ1v) is 11.9. The molecule has 0 spiro atoms. The Bertz CT molecular complexity index is 1120. The Morgan fingerprint density at radius 1 is 1.06 bits per heavy atom. The van der Waals surface area contributed by atoms with Gasteiger partial charge in [-0.1, -0.05) is 29.4 Å². The molecule has 33 heavy (non-hydrogen) atoms. The van der Waals surface area contributed by atoms with Gasteiger partial charge in [0.05, 0.1) is 18.8 Å². The highest BCUT2D eigenvalue weighted by Crippen LogP contribution is 2.24. The van der Waals surface area contributed by atoms with E-state index in [1.165, 1.54) is 11.8 Å². The molecule has 2 amide bonds. The van der Waals surface area contributed by atoms with Gasteiger partial charge in [0.2, 0.25) is 11.8 Å². The number of nitrogens with one attached hydrogen (secondary N) is 2. The van der Waals surface area contributed by atoms with Gasteiger partial charge in [0.25, 0.3) is 0 Å². The van der Waals surface area contributed by atoms with Crippen LogP contribution < -0.4 is 15.4 Å². The Morgan fingerprint density at radius 2 is 1.82 bits per heavy atom. The van der Waals surface area contributed by atoms with Gasteiger partial charge in [-0.2, -0.15) is 0 Å². The summed E-state index contributed by atoms with van der Waals surface area (Å²) in [7, 11) is 0. The molecule has 0 saturated heterocycles. The minimum atomic E-state index is -0.202. The number of halogens is 1. The van der Waals surface area contributed by atoms with Crippen LogP contribution >= 0.6 is 23.4 Å². The number of anilines is 2.